The van der Waals surface area contributed by atoms with Crippen LogP contribution in [-0.2, 0) is 29.0 Å². The third-order valence-corrected chi connectivity index (χ3v) is 8.32. The van der Waals surface area contributed by atoms with Crippen molar-refractivity contribution < 1.29 is 29.2 Å². The van der Waals surface area contributed by atoms with Crippen LogP contribution in [0.25, 0.3) is 0 Å². The molecule has 0 unspecified atom stereocenters. The normalized spacial score (nSPS) is 11.3. The third-order valence-electron chi connectivity index (χ3n) is 6.19. The Hall–Kier alpha value is -1.52. The molecule has 1 aromatic heterocycles. The first-order valence-corrected chi connectivity index (χ1v) is 14.2. The molecular weight excluding hydrogens is 527 g/mol. The maximum atomic E-state index is 6.80. The van der Waals surface area contributed by atoms with Gasteiger partial charge in [-0.05, 0) is 0 Å². The molecule has 0 saturated heterocycles. The molecule has 0 saturated carbocycles. The summed E-state index contributed by atoms with van der Waals surface area (Å²) in [5.41, 5.74) is 7.03. The van der Waals surface area contributed by atoms with Gasteiger partial charge in [-0.3, -0.25) is 0 Å². The maximum Gasteiger partial charge on any atom is -0.147 e. The number of rotatable bonds is 5. The molecule has 0 aliphatic rings. The predicted octanol–water partition coefficient (Wildman–Crippen LogP) is 9.02. The Bertz CT molecular complexity index is 1160. The molecule has 6 heteroatoms. The smallest absolute Gasteiger partial charge is 0.147 e. The molecule has 0 fully saturated rings. The van der Waals surface area contributed by atoms with E-state index in [9.17, 15) is 0 Å². The topological polar surface area (TPSA) is 31.6 Å². The summed E-state index contributed by atoms with van der Waals surface area (Å²) in [4.78, 5) is 0. The van der Waals surface area contributed by atoms with E-state index in [-0.39, 0.29) is 35.6 Å². The van der Waals surface area contributed by atoms with Crippen molar-refractivity contribution in [2.75, 3.05) is 0 Å². The number of benzene rings is 2. The Labute approximate surface area is 237 Å². The van der Waals surface area contributed by atoms with Crippen molar-refractivity contribution in [1.82, 2.24) is 0 Å². The fourth-order valence-corrected chi connectivity index (χ4v) is 6.58. The van der Waals surface area contributed by atoms with Crippen LogP contribution >= 0.6 is 24.8 Å². The maximum absolute atomic E-state index is 6.80. The number of furan rings is 1. The summed E-state index contributed by atoms with van der Waals surface area (Å²) in [6.45, 7) is 23.7. The Kier molecular flexibility index (Phi) is 11.2. The molecule has 0 aliphatic heterocycles. The van der Waals surface area contributed by atoms with Crippen LogP contribution < -0.4 is 6.64 Å². The second-order valence-electron chi connectivity index (χ2n) is 11.4. The number of hydrogen-bond donors (Lipinski definition) is 0. The minimum absolute atomic E-state index is 0. The zero-order valence-electron chi connectivity index (χ0n) is 23.6. The second-order valence-corrected chi connectivity index (χ2v) is 13.5. The van der Waals surface area contributed by atoms with Crippen LogP contribution in [0.1, 0.15) is 86.4 Å². The molecule has 3 rings (SSSR count). The summed E-state index contributed by atoms with van der Waals surface area (Å²) in [7, 11) is 0. The summed E-state index contributed by atoms with van der Waals surface area (Å²) >= 11 is -2.72. The van der Waals surface area contributed by atoms with Gasteiger partial charge in [0.15, 0.2) is 0 Å². The van der Waals surface area contributed by atoms with Crippen LogP contribution in [0.3, 0.4) is 0 Å². The first-order chi connectivity index (χ1) is 15.7. The molecule has 3 aromatic rings. The summed E-state index contributed by atoms with van der Waals surface area (Å²) in [6, 6.07) is 12.9. The van der Waals surface area contributed by atoms with Crippen LogP contribution in [0.15, 0.2) is 40.8 Å². The van der Waals surface area contributed by atoms with Gasteiger partial charge in [0.05, 0.1) is 0 Å². The molecule has 3 nitrogen and oxygen atoms in total. The molecule has 0 amide bonds. The molecule has 0 bridgehead atoms. The summed E-state index contributed by atoms with van der Waals surface area (Å²) in [5, 5.41) is 0. The summed E-state index contributed by atoms with van der Waals surface area (Å²) < 4.78 is 21.7. The second kappa shape index (κ2) is 12.4. The zero-order valence-corrected chi connectivity index (χ0v) is 26.8. The van der Waals surface area contributed by atoms with Crippen molar-refractivity contribution >= 4 is 29.1 Å². The SMILES string of the molecule is Cc1ccc([O][Ti](=[CH]c2c(C)oc(C)c2C)[O]c2ccc(C)cc2C(C)(C)C)c(C(C)(C)C)c1.Cl.Cl. The van der Waals surface area contributed by atoms with Crippen molar-refractivity contribution in [3.63, 3.8) is 0 Å². The molecule has 0 atom stereocenters. The standard InChI is InChI=1S/2C11H16O.C8H10O.2ClH.Ti/c2*1-8-5-6-10(12)9(7-8)11(2,3)4;1-5-6(2)8(4)9-7(5)3;;;/h2*5-7,12H,1-4H3;1H,2-4H3;2*1H;/q;;;;;+2/p-2. The van der Waals surface area contributed by atoms with E-state index in [1.54, 1.807) is 0 Å². The van der Waals surface area contributed by atoms with Crippen molar-refractivity contribution in [2.45, 2.75) is 87.0 Å². The number of hydrogen-bond acceptors (Lipinski definition) is 3. The van der Waals surface area contributed by atoms with E-state index >= 15 is 0 Å². The summed E-state index contributed by atoms with van der Waals surface area (Å²) in [6.07, 6.45) is 0. The molecule has 36 heavy (non-hydrogen) atoms. The average Bonchev–Trinajstić information content (AvgIpc) is 2.95. The average molecular weight is 569 g/mol. The van der Waals surface area contributed by atoms with E-state index in [1.165, 1.54) is 22.3 Å². The fourth-order valence-electron chi connectivity index (χ4n) is 4.08. The van der Waals surface area contributed by atoms with Crippen LogP contribution in [0, 0.1) is 34.6 Å². The monoisotopic (exact) mass is 568 g/mol. The zero-order chi connectivity index (χ0) is 25.4. The van der Waals surface area contributed by atoms with Gasteiger partial charge < -0.3 is 0 Å². The van der Waals surface area contributed by atoms with Crippen LogP contribution in [0.5, 0.6) is 11.5 Å². The number of aryl methyl sites for hydroxylation is 4. The quantitative estimate of drug-likeness (QED) is 0.288. The minimum Gasteiger partial charge on any atom is -0.147 e. The molecule has 2 aromatic carbocycles. The van der Waals surface area contributed by atoms with E-state index in [2.05, 4.69) is 103 Å². The van der Waals surface area contributed by atoms with Gasteiger partial charge in [0, 0.05) is 0 Å². The van der Waals surface area contributed by atoms with Crippen LogP contribution in [0.2, 0.25) is 0 Å². The fraction of sp³-hybridized carbons (Fsp3) is 0.433. The predicted molar refractivity (Wildman–Crippen MR) is 154 cm³/mol. The largest absolute Gasteiger partial charge is 0.147 e. The van der Waals surface area contributed by atoms with Crippen molar-refractivity contribution in [1.29, 1.82) is 0 Å². The van der Waals surface area contributed by atoms with Crippen LogP contribution in [0.4, 0.5) is 0 Å². The van der Waals surface area contributed by atoms with E-state index in [1.807, 2.05) is 13.8 Å². The van der Waals surface area contributed by atoms with E-state index in [4.69, 9.17) is 11.1 Å². The third kappa shape index (κ3) is 7.74. The van der Waals surface area contributed by atoms with Crippen LogP contribution in [-0.4, -0.2) is 4.31 Å². The Balaban J connectivity index is 0.00000324. The van der Waals surface area contributed by atoms with Gasteiger partial charge in [0.1, 0.15) is 0 Å². The molecule has 0 aliphatic carbocycles. The van der Waals surface area contributed by atoms with Crippen molar-refractivity contribution in [3.05, 3.63) is 81.3 Å². The Morgan fingerprint density at radius 2 is 1.08 bits per heavy atom. The molecule has 0 radical (unpaired) electrons. The minimum atomic E-state index is -2.72. The van der Waals surface area contributed by atoms with Gasteiger partial charge in [-0.15, -0.1) is 24.8 Å². The van der Waals surface area contributed by atoms with Gasteiger partial charge >= 0.3 is 213 Å². The molecule has 1 heterocycles. The van der Waals surface area contributed by atoms with Crippen molar-refractivity contribution in [3.8, 4) is 11.5 Å². The first kappa shape index (κ1) is 32.5. The number of halogens is 2. The van der Waals surface area contributed by atoms with Gasteiger partial charge in [0.25, 0.3) is 0 Å². The Morgan fingerprint density at radius 1 is 0.667 bits per heavy atom. The molecule has 198 valence electrons. The van der Waals surface area contributed by atoms with Gasteiger partial charge in [-0.2, -0.15) is 0 Å². The molecular formula is C30H42Cl2O3Ti. The van der Waals surface area contributed by atoms with E-state index < -0.39 is 18.2 Å². The summed E-state index contributed by atoms with van der Waals surface area (Å²) in [5.74, 6) is 3.67. The molecule has 0 N–H and O–H groups in total. The van der Waals surface area contributed by atoms with E-state index in [0.717, 1.165) is 34.1 Å². The van der Waals surface area contributed by atoms with Crippen molar-refractivity contribution in [2.24, 2.45) is 0 Å². The van der Waals surface area contributed by atoms with Gasteiger partial charge in [-0.25, -0.2) is 0 Å². The van der Waals surface area contributed by atoms with Gasteiger partial charge in [0.2, 0.25) is 0 Å². The van der Waals surface area contributed by atoms with Gasteiger partial charge in [-0.1, -0.05) is 0 Å². The first-order valence-electron chi connectivity index (χ1n) is 12.0. The Morgan fingerprint density at radius 3 is 1.42 bits per heavy atom. The molecule has 0 spiro atoms. The van der Waals surface area contributed by atoms with E-state index in [0.29, 0.717) is 0 Å².